The molecule has 0 aliphatic carbocycles. The Hall–Kier alpha value is -4.26. The first-order valence-corrected chi connectivity index (χ1v) is 9.52. The smallest absolute Gasteiger partial charge is 0.258 e. The minimum Gasteiger partial charge on any atom is -0.467 e. The Kier molecular flexibility index (Phi) is 4.18. The van der Waals surface area contributed by atoms with Crippen molar-refractivity contribution in [1.29, 1.82) is 5.26 Å². The van der Waals surface area contributed by atoms with Gasteiger partial charge in [0.1, 0.15) is 29.5 Å². The Morgan fingerprint density at radius 2 is 2.16 bits per heavy atom. The van der Waals surface area contributed by atoms with Crippen molar-refractivity contribution in [2.75, 3.05) is 5.73 Å². The highest BCUT2D eigenvalue weighted by Crippen LogP contribution is 2.35. The Balaban J connectivity index is 1.83. The Morgan fingerprint density at radius 3 is 2.97 bits per heavy atom. The molecule has 4 aromatic rings. The van der Waals surface area contributed by atoms with Gasteiger partial charge >= 0.3 is 0 Å². The molecule has 5 rings (SSSR count). The van der Waals surface area contributed by atoms with Crippen molar-refractivity contribution < 1.29 is 9.13 Å². The number of fused-ring (bicyclic) bond motifs is 7. The third kappa shape index (κ3) is 2.98. The fourth-order valence-electron chi connectivity index (χ4n) is 3.82. The van der Waals surface area contributed by atoms with Crippen LogP contribution in [0.3, 0.4) is 0 Å². The molecule has 10 heteroatoms. The van der Waals surface area contributed by atoms with Gasteiger partial charge in [0.25, 0.3) is 5.88 Å². The molecular formula is C21H17FN8O. The lowest BCUT2D eigenvalue weighted by Crippen LogP contribution is -2.12. The number of nitrogens with two attached hydrogens (primary N) is 1. The second kappa shape index (κ2) is 6.91. The summed E-state index contributed by atoms with van der Waals surface area (Å²) in [6, 6.07) is 6.64. The molecule has 1 atom stereocenters. The van der Waals surface area contributed by atoms with E-state index in [0.29, 0.717) is 46.1 Å². The Morgan fingerprint density at radius 1 is 1.32 bits per heavy atom. The highest BCUT2D eigenvalue weighted by Gasteiger charge is 2.25. The number of benzene rings is 1. The SMILES string of the molecule is C[C@@H]1Oc2nc(cnc2N)-c2c(nn(C)c2C#N)Cn2ccnc2-c2ccc(F)cc21. The van der Waals surface area contributed by atoms with Crippen molar-refractivity contribution >= 4 is 5.82 Å². The topological polar surface area (TPSA) is 120 Å². The van der Waals surface area contributed by atoms with Crippen LogP contribution in [0.2, 0.25) is 0 Å². The van der Waals surface area contributed by atoms with Gasteiger partial charge in [0.2, 0.25) is 0 Å². The van der Waals surface area contributed by atoms with Crippen LogP contribution in [0, 0.1) is 17.1 Å². The van der Waals surface area contributed by atoms with Crippen molar-refractivity contribution in [1.82, 2.24) is 29.3 Å². The molecule has 0 fully saturated rings. The second-order valence-electron chi connectivity index (χ2n) is 7.22. The minimum atomic E-state index is -0.592. The van der Waals surface area contributed by atoms with Crippen molar-refractivity contribution in [2.24, 2.45) is 7.05 Å². The zero-order valence-electron chi connectivity index (χ0n) is 16.7. The molecule has 0 amide bonds. The van der Waals surface area contributed by atoms with E-state index in [-0.39, 0.29) is 11.7 Å². The van der Waals surface area contributed by atoms with E-state index < -0.39 is 11.9 Å². The standard InChI is InChI=1S/C21H17FN8O/c1-11-14-7-12(22)3-4-13(14)20-25-5-6-30(20)10-16-18(17(8-23)29(2)28-16)15-9-26-19(24)21(27-15)31-11/h3-7,9,11H,10H2,1-2H3,(H2,24,26)/t11-/m0/s1. The van der Waals surface area contributed by atoms with E-state index in [2.05, 4.69) is 26.1 Å². The maximum atomic E-state index is 14.1. The lowest BCUT2D eigenvalue weighted by Gasteiger charge is -2.20. The number of hydrogen-bond donors (Lipinski definition) is 1. The van der Waals surface area contributed by atoms with E-state index in [1.165, 1.54) is 23.0 Å². The van der Waals surface area contributed by atoms with Crippen LogP contribution in [0.25, 0.3) is 22.6 Å². The van der Waals surface area contributed by atoms with Gasteiger partial charge in [-0.15, -0.1) is 0 Å². The van der Waals surface area contributed by atoms with E-state index in [4.69, 9.17) is 10.5 Å². The number of imidazole rings is 1. The molecule has 1 aromatic carbocycles. The van der Waals surface area contributed by atoms with Crippen LogP contribution in [0.1, 0.15) is 30.0 Å². The average Bonchev–Trinajstić information content (AvgIpc) is 3.32. The molecule has 3 aromatic heterocycles. The molecule has 0 radical (unpaired) electrons. The number of nitrogens with zero attached hydrogens (tertiary/aromatic N) is 7. The van der Waals surface area contributed by atoms with Crippen molar-refractivity contribution in [3.63, 3.8) is 0 Å². The van der Waals surface area contributed by atoms with Gasteiger partial charge in [0, 0.05) is 30.6 Å². The number of nitrogen functional groups attached to an aromatic ring is 1. The first-order chi connectivity index (χ1) is 15.0. The minimum absolute atomic E-state index is 0.0936. The third-order valence-corrected chi connectivity index (χ3v) is 5.27. The summed E-state index contributed by atoms with van der Waals surface area (Å²) in [5, 5.41) is 14.3. The molecule has 154 valence electrons. The molecule has 0 unspecified atom stereocenters. The van der Waals surface area contributed by atoms with Crippen LogP contribution in [-0.2, 0) is 13.6 Å². The van der Waals surface area contributed by atoms with Crippen LogP contribution < -0.4 is 10.5 Å². The van der Waals surface area contributed by atoms with Crippen LogP contribution in [0.5, 0.6) is 5.88 Å². The van der Waals surface area contributed by atoms with Gasteiger partial charge in [0.05, 0.1) is 29.7 Å². The third-order valence-electron chi connectivity index (χ3n) is 5.27. The van der Waals surface area contributed by atoms with E-state index >= 15 is 0 Å². The van der Waals surface area contributed by atoms with Crippen molar-refractivity contribution in [3.05, 3.63) is 59.6 Å². The van der Waals surface area contributed by atoms with Gasteiger partial charge in [-0.25, -0.2) is 19.3 Å². The summed E-state index contributed by atoms with van der Waals surface area (Å²) >= 11 is 0. The fraction of sp³-hybridized carbons (Fsp3) is 0.190. The second-order valence-corrected chi connectivity index (χ2v) is 7.22. The lowest BCUT2D eigenvalue weighted by atomic mass is 10.0. The number of rotatable bonds is 0. The van der Waals surface area contributed by atoms with Crippen LogP contribution in [0.15, 0.2) is 36.8 Å². The molecule has 1 aliphatic rings. The Bertz CT molecular complexity index is 1370. The quantitative estimate of drug-likeness (QED) is 0.468. The fourth-order valence-corrected chi connectivity index (χ4v) is 3.82. The summed E-state index contributed by atoms with van der Waals surface area (Å²) in [6.45, 7) is 2.11. The van der Waals surface area contributed by atoms with Gasteiger partial charge in [-0.3, -0.25) is 4.68 Å². The predicted molar refractivity (Wildman–Crippen MR) is 109 cm³/mol. The molecular weight excluding hydrogens is 399 g/mol. The number of nitriles is 1. The molecule has 2 bridgehead atoms. The van der Waals surface area contributed by atoms with Crippen molar-refractivity contribution in [2.45, 2.75) is 19.6 Å². The molecule has 0 saturated heterocycles. The summed E-state index contributed by atoms with van der Waals surface area (Å²) < 4.78 is 23.5. The largest absolute Gasteiger partial charge is 0.467 e. The first-order valence-electron chi connectivity index (χ1n) is 9.52. The van der Waals surface area contributed by atoms with E-state index in [1.807, 2.05) is 10.8 Å². The summed E-state index contributed by atoms with van der Waals surface area (Å²) in [6.07, 6.45) is 4.37. The molecule has 9 nitrogen and oxygen atoms in total. The number of anilines is 1. The molecule has 1 aliphatic heterocycles. The molecule has 2 N–H and O–H groups in total. The van der Waals surface area contributed by atoms with Gasteiger partial charge in [0.15, 0.2) is 5.82 Å². The van der Waals surface area contributed by atoms with E-state index in [1.54, 1.807) is 26.2 Å². The maximum absolute atomic E-state index is 14.1. The Labute approximate surface area is 176 Å². The number of halogens is 1. The lowest BCUT2D eigenvalue weighted by molar-refractivity contribution is 0.218. The molecule has 4 heterocycles. The molecule has 0 saturated carbocycles. The predicted octanol–water partition coefficient (Wildman–Crippen LogP) is 2.84. The normalized spacial score (nSPS) is 14.8. The number of aryl methyl sites for hydroxylation is 1. The summed E-state index contributed by atoms with van der Waals surface area (Å²) in [5.74, 6) is 0.431. The average molecular weight is 416 g/mol. The monoisotopic (exact) mass is 416 g/mol. The number of aromatic nitrogens is 6. The molecule has 31 heavy (non-hydrogen) atoms. The maximum Gasteiger partial charge on any atom is 0.258 e. The van der Waals surface area contributed by atoms with Gasteiger partial charge < -0.3 is 15.0 Å². The van der Waals surface area contributed by atoms with Gasteiger partial charge in [-0.1, -0.05) is 0 Å². The summed E-state index contributed by atoms with van der Waals surface area (Å²) in [4.78, 5) is 13.2. The van der Waals surface area contributed by atoms with Gasteiger partial charge in [-0.2, -0.15) is 10.4 Å². The highest BCUT2D eigenvalue weighted by atomic mass is 19.1. The van der Waals surface area contributed by atoms with E-state index in [0.717, 1.165) is 0 Å². The molecule has 0 spiro atoms. The van der Waals surface area contributed by atoms with E-state index in [9.17, 15) is 9.65 Å². The summed E-state index contributed by atoms with van der Waals surface area (Å²) in [7, 11) is 1.70. The highest BCUT2D eigenvalue weighted by molar-refractivity contribution is 5.70. The number of ether oxygens (including phenoxy) is 1. The van der Waals surface area contributed by atoms with Gasteiger partial charge in [-0.05, 0) is 25.1 Å². The van der Waals surface area contributed by atoms with Crippen molar-refractivity contribution in [3.8, 4) is 34.6 Å². The zero-order chi connectivity index (χ0) is 21.7. The summed E-state index contributed by atoms with van der Waals surface area (Å²) in [5.41, 5.74) is 9.23. The first kappa shape index (κ1) is 18.7. The zero-order valence-corrected chi connectivity index (χ0v) is 16.7. The number of hydrogen-bond acceptors (Lipinski definition) is 7. The van der Waals surface area contributed by atoms with Crippen LogP contribution in [0.4, 0.5) is 10.2 Å². The van der Waals surface area contributed by atoms with Crippen LogP contribution in [-0.4, -0.2) is 29.3 Å². The van der Waals surface area contributed by atoms with Crippen LogP contribution >= 0.6 is 0 Å².